The van der Waals surface area contributed by atoms with E-state index in [1.165, 1.54) is 5.70 Å². The maximum Gasteiger partial charge on any atom is 0.363 e. The van der Waals surface area contributed by atoms with E-state index in [0.29, 0.717) is 0 Å². The molecule has 0 radical (unpaired) electrons. The zero-order valence-electron chi connectivity index (χ0n) is 4.17. The highest BCUT2D eigenvalue weighted by Crippen LogP contribution is 2.37. The molecule has 0 unspecified atom stereocenters. The van der Waals surface area contributed by atoms with E-state index in [9.17, 15) is 0 Å². The highest BCUT2D eigenvalue weighted by Gasteiger charge is 2.50. The molecule has 0 N–H and O–H groups in total. The Labute approximate surface area is 79.0 Å². The van der Waals surface area contributed by atoms with Gasteiger partial charge >= 0.3 is 11.7 Å². The van der Waals surface area contributed by atoms with Gasteiger partial charge in [-0.15, -0.1) is 62.0 Å². The lowest BCUT2D eigenvalue weighted by molar-refractivity contribution is 2.54. The Bertz CT molecular complexity index is 115. The van der Waals surface area contributed by atoms with Gasteiger partial charge in [-0.3, -0.25) is 0 Å². The van der Waals surface area contributed by atoms with Crippen LogP contribution in [0.3, 0.4) is 0 Å². The average Bonchev–Trinajstić information content (AvgIpc) is 1.64. The van der Waals surface area contributed by atoms with E-state index in [1.54, 1.807) is 0 Å². The van der Waals surface area contributed by atoms with Crippen LogP contribution in [0.25, 0.3) is 0 Å². The summed E-state index contributed by atoms with van der Waals surface area (Å²) in [6.45, 7) is 3.38. The minimum Gasteiger partial charge on any atom is -0.140 e. The molecule has 0 rings (SSSR count). The predicted molar refractivity (Wildman–Crippen MR) is 51.0 cm³/mol. The van der Waals surface area contributed by atoms with Crippen molar-refractivity contribution in [1.29, 1.82) is 0 Å². The predicted octanol–water partition coefficient (Wildman–Crippen LogP) is 3.37. The minimum absolute atomic E-state index is 1.36. The standard InChI is InChI=1S/C2H3Cl5Si2/c1-2-8(3,4)9(5,6)7/h2H,1H2. The van der Waals surface area contributed by atoms with Crippen molar-refractivity contribution >= 4 is 67.1 Å². The van der Waals surface area contributed by atoms with Crippen molar-refractivity contribution in [2.75, 3.05) is 0 Å². The first kappa shape index (κ1) is 10.6. The van der Waals surface area contributed by atoms with E-state index < -0.39 is 11.7 Å². The first-order chi connectivity index (χ1) is 3.81. The normalized spacial score (nSPS) is 13.4. The maximum atomic E-state index is 5.65. The van der Waals surface area contributed by atoms with Crippen molar-refractivity contribution in [1.82, 2.24) is 0 Å². The molecule has 0 bridgehead atoms. The molecular weight excluding hydrogens is 257 g/mol. The van der Waals surface area contributed by atoms with Gasteiger partial charge in [0.2, 0.25) is 0 Å². The molecule has 0 aromatic carbocycles. The van der Waals surface area contributed by atoms with Crippen molar-refractivity contribution in [2.45, 2.75) is 0 Å². The van der Waals surface area contributed by atoms with Crippen LogP contribution in [0, 0.1) is 0 Å². The van der Waals surface area contributed by atoms with Gasteiger partial charge in [-0.1, -0.05) is 5.70 Å². The zero-order valence-corrected chi connectivity index (χ0v) is 9.95. The van der Waals surface area contributed by atoms with Gasteiger partial charge < -0.3 is 0 Å². The van der Waals surface area contributed by atoms with E-state index in [-0.39, 0.29) is 0 Å². The summed E-state index contributed by atoms with van der Waals surface area (Å²) in [5.41, 5.74) is -1.56. The van der Waals surface area contributed by atoms with Crippen LogP contribution < -0.4 is 0 Å². The first-order valence-corrected chi connectivity index (χ1v) is 12.0. The van der Waals surface area contributed by atoms with Crippen LogP contribution in [0.15, 0.2) is 12.3 Å². The molecule has 0 aliphatic heterocycles. The fraction of sp³-hybridized carbons (Fsp3) is 0. The van der Waals surface area contributed by atoms with Crippen LogP contribution in [0.2, 0.25) is 0 Å². The number of rotatable bonds is 2. The molecule has 0 aliphatic carbocycles. The van der Waals surface area contributed by atoms with Gasteiger partial charge in [0.25, 0.3) is 0 Å². The summed E-state index contributed by atoms with van der Waals surface area (Å²) in [6.07, 6.45) is -2.74. The molecule has 0 atom stereocenters. The molecule has 0 amide bonds. The lowest BCUT2D eigenvalue weighted by atomic mass is 11.3. The highest BCUT2D eigenvalue weighted by atomic mass is 35.9. The topological polar surface area (TPSA) is 0 Å². The molecule has 0 fully saturated rings. The molecule has 9 heavy (non-hydrogen) atoms. The largest absolute Gasteiger partial charge is 0.363 e. The highest BCUT2D eigenvalue weighted by molar-refractivity contribution is 8.03. The molecular formula is C2H3Cl5Si2. The fourth-order valence-electron chi connectivity index (χ4n) is 0.116. The van der Waals surface area contributed by atoms with Crippen LogP contribution in [0.1, 0.15) is 0 Å². The second-order valence-corrected chi connectivity index (χ2v) is 24.3. The third kappa shape index (κ3) is 3.01. The summed E-state index contributed by atoms with van der Waals surface area (Å²) in [4.78, 5) is 0. The van der Waals surface area contributed by atoms with Gasteiger partial charge in [0.1, 0.15) is 0 Å². The Hall–Kier alpha value is 1.62. The molecule has 54 valence electrons. The molecule has 0 heterocycles. The quantitative estimate of drug-likeness (QED) is 0.527. The van der Waals surface area contributed by atoms with E-state index in [1.807, 2.05) is 0 Å². The van der Waals surface area contributed by atoms with Gasteiger partial charge in [0.15, 0.2) is 0 Å². The second kappa shape index (κ2) is 3.35. The third-order valence-corrected chi connectivity index (χ3v) is 24.1. The van der Waals surface area contributed by atoms with Crippen molar-refractivity contribution in [3.63, 3.8) is 0 Å². The van der Waals surface area contributed by atoms with Gasteiger partial charge in [-0.25, -0.2) is 0 Å². The van der Waals surface area contributed by atoms with Gasteiger partial charge in [0, 0.05) is 0 Å². The zero-order chi connectivity index (χ0) is 7.71. The molecule has 0 saturated carbocycles. The lowest BCUT2D eigenvalue weighted by Crippen LogP contribution is -2.40. The Kier molecular flexibility index (Phi) is 3.95. The molecule has 0 aromatic rings. The number of hydrogen-bond acceptors (Lipinski definition) is 0. The smallest absolute Gasteiger partial charge is 0.140 e. The van der Waals surface area contributed by atoms with Crippen LogP contribution >= 0.6 is 55.4 Å². The maximum absolute atomic E-state index is 5.65. The fourth-order valence-corrected chi connectivity index (χ4v) is 3.12. The molecule has 0 nitrogen and oxygen atoms in total. The molecule has 0 spiro atoms. The van der Waals surface area contributed by atoms with E-state index in [2.05, 4.69) is 6.58 Å². The minimum atomic E-state index is -2.92. The molecule has 0 aromatic heterocycles. The Morgan fingerprint density at radius 2 is 1.33 bits per heavy atom. The van der Waals surface area contributed by atoms with E-state index >= 15 is 0 Å². The van der Waals surface area contributed by atoms with Crippen LogP contribution in [0.5, 0.6) is 0 Å². The van der Waals surface area contributed by atoms with E-state index in [4.69, 9.17) is 55.4 Å². The van der Waals surface area contributed by atoms with E-state index in [0.717, 1.165) is 0 Å². The number of halogens is 5. The average molecular weight is 260 g/mol. The second-order valence-electron chi connectivity index (χ2n) is 1.32. The van der Waals surface area contributed by atoms with Crippen LogP contribution in [0.4, 0.5) is 0 Å². The number of hydrogen-bond donors (Lipinski definition) is 0. The summed E-state index contributed by atoms with van der Waals surface area (Å²) in [5, 5.41) is 0. The summed E-state index contributed by atoms with van der Waals surface area (Å²) < 4.78 is 0. The van der Waals surface area contributed by atoms with Gasteiger partial charge in [0.05, 0.1) is 0 Å². The monoisotopic (exact) mass is 258 g/mol. The lowest BCUT2D eigenvalue weighted by Gasteiger charge is -2.16. The SMILES string of the molecule is C=C[Si](Cl)(Cl)[Si](Cl)(Cl)Cl. The summed E-state index contributed by atoms with van der Waals surface area (Å²) in [7, 11) is 0. The van der Waals surface area contributed by atoms with Gasteiger partial charge in [-0.2, -0.15) is 0 Å². The third-order valence-electron chi connectivity index (χ3n) is 0.634. The van der Waals surface area contributed by atoms with Crippen molar-refractivity contribution < 1.29 is 0 Å². The van der Waals surface area contributed by atoms with Crippen molar-refractivity contribution in [3.8, 4) is 0 Å². The first-order valence-electron chi connectivity index (χ1n) is 1.89. The molecule has 0 aliphatic rings. The van der Waals surface area contributed by atoms with Gasteiger partial charge in [-0.05, 0) is 0 Å². The summed E-state index contributed by atoms with van der Waals surface area (Å²) in [5.74, 6) is 0. The van der Waals surface area contributed by atoms with Crippen LogP contribution in [-0.2, 0) is 0 Å². The summed E-state index contributed by atoms with van der Waals surface area (Å²) in [6, 6.07) is 0. The Balaban J connectivity index is 4.32. The Morgan fingerprint density at radius 3 is 1.33 bits per heavy atom. The van der Waals surface area contributed by atoms with Crippen LogP contribution in [-0.4, -0.2) is 11.7 Å². The summed E-state index contributed by atoms with van der Waals surface area (Å²) >= 11 is 27.9. The van der Waals surface area contributed by atoms with Crippen molar-refractivity contribution in [2.24, 2.45) is 0 Å². The molecule has 7 heteroatoms. The van der Waals surface area contributed by atoms with Crippen molar-refractivity contribution in [3.05, 3.63) is 12.3 Å². The Morgan fingerprint density at radius 1 is 1.00 bits per heavy atom. The molecule has 0 saturated heterocycles.